The normalized spacial score (nSPS) is 18.3. The van der Waals surface area contributed by atoms with Gasteiger partial charge in [-0.15, -0.1) is 0 Å². The first-order valence-electron chi connectivity index (χ1n) is 7.01. The Morgan fingerprint density at radius 1 is 1.22 bits per heavy atom. The SMILES string of the molecule is CCCN1CCCN(c2nc(C(C)C)no2)CC1. The second-order valence-corrected chi connectivity index (χ2v) is 5.27. The molecule has 1 aliphatic rings. The van der Waals surface area contributed by atoms with Crippen LogP contribution in [-0.4, -0.2) is 47.8 Å². The van der Waals surface area contributed by atoms with E-state index in [2.05, 4.69) is 40.7 Å². The molecule has 1 saturated heterocycles. The molecule has 2 heterocycles. The summed E-state index contributed by atoms with van der Waals surface area (Å²) in [6.07, 6.45) is 2.39. The van der Waals surface area contributed by atoms with E-state index in [-0.39, 0.29) is 0 Å². The molecule has 0 atom stereocenters. The summed E-state index contributed by atoms with van der Waals surface area (Å²) in [5.74, 6) is 1.13. The van der Waals surface area contributed by atoms with Crippen molar-refractivity contribution in [1.29, 1.82) is 0 Å². The summed E-state index contributed by atoms with van der Waals surface area (Å²) in [5.41, 5.74) is 0. The van der Waals surface area contributed by atoms with E-state index < -0.39 is 0 Å². The van der Waals surface area contributed by atoms with Crippen LogP contribution in [0.3, 0.4) is 0 Å². The van der Waals surface area contributed by atoms with E-state index >= 15 is 0 Å². The lowest BCUT2D eigenvalue weighted by molar-refractivity contribution is 0.293. The van der Waals surface area contributed by atoms with Crippen LogP contribution in [0.2, 0.25) is 0 Å². The maximum absolute atomic E-state index is 5.36. The van der Waals surface area contributed by atoms with Crippen LogP contribution >= 0.6 is 0 Å². The zero-order valence-corrected chi connectivity index (χ0v) is 11.7. The van der Waals surface area contributed by atoms with E-state index in [1.54, 1.807) is 0 Å². The molecular formula is C13H24N4O. The molecule has 2 rings (SSSR count). The van der Waals surface area contributed by atoms with Crippen molar-refractivity contribution in [2.45, 2.75) is 39.5 Å². The van der Waals surface area contributed by atoms with Gasteiger partial charge in [-0.2, -0.15) is 4.98 Å². The Morgan fingerprint density at radius 3 is 2.72 bits per heavy atom. The van der Waals surface area contributed by atoms with Crippen molar-refractivity contribution in [2.75, 3.05) is 37.6 Å². The molecule has 1 aliphatic heterocycles. The van der Waals surface area contributed by atoms with Crippen molar-refractivity contribution >= 4 is 6.01 Å². The lowest BCUT2D eigenvalue weighted by Crippen LogP contribution is -2.31. The van der Waals surface area contributed by atoms with Gasteiger partial charge in [-0.1, -0.05) is 25.9 Å². The molecule has 0 aromatic carbocycles. The quantitative estimate of drug-likeness (QED) is 0.821. The Kier molecular flexibility index (Phi) is 4.58. The van der Waals surface area contributed by atoms with Gasteiger partial charge in [-0.25, -0.2) is 0 Å². The fourth-order valence-electron chi connectivity index (χ4n) is 2.29. The lowest BCUT2D eigenvalue weighted by Gasteiger charge is -2.19. The number of aromatic nitrogens is 2. The topological polar surface area (TPSA) is 45.4 Å². The first-order chi connectivity index (χ1) is 8.70. The van der Waals surface area contributed by atoms with Crippen molar-refractivity contribution in [3.63, 3.8) is 0 Å². The van der Waals surface area contributed by atoms with Crippen LogP contribution in [0, 0.1) is 0 Å². The summed E-state index contributed by atoms with van der Waals surface area (Å²) in [4.78, 5) is 9.21. The molecule has 5 nitrogen and oxygen atoms in total. The van der Waals surface area contributed by atoms with Gasteiger partial charge in [0.2, 0.25) is 0 Å². The molecule has 0 bridgehead atoms. The number of nitrogens with zero attached hydrogens (tertiary/aromatic N) is 4. The smallest absolute Gasteiger partial charge is 0.323 e. The van der Waals surface area contributed by atoms with Crippen molar-refractivity contribution in [3.8, 4) is 0 Å². The number of hydrogen-bond donors (Lipinski definition) is 0. The minimum Gasteiger partial charge on any atom is -0.323 e. The Hall–Kier alpha value is -1.10. The fourth-order valence-corrected chi connectivity index (χ4v) is 2.29. The van der Waals surface area contributed by atoms with Crippen molar-refractivity contribution < 1.29 is 4.52 Å². The molecule has 0 saturated carbocycles. The average Bonchev–Trinajstić information content (AvgIpc) is 2.72. The molecule has 0 N–H and O–H groups in total. The standard InChI is InChI=1S/C13H24N4O/c1-4-6-16-7-5-8-17(10-9-16)13-14-12(11(2)3)15-18-13/h11H,4-10H2,1-3H3. The highest BCUT2D eigenvalue weighted by molar-refractivity contribution is 5.25. The van der Waals surface area contributed by atoms with Gasteiger partial charge >= 0.3 is 6.01 Å². The summed E-state index contributed by atoms with van der Waals surface area (Å²) < 4.78 is 5.36. The average molecular weight is 252 g/mol. The van der Waals surface area contributed by atoms with Gasteiger partial charge in [0, 0.05) is 25.6 Å². The number of rotatable bonds is 4. The van der Waals surface area contributed by atoms with Crippen LogP contribution in [0.4, 0.5) is 6.01 Å². The third-order valence-electron chi connectivity index (χ3n) is 3.35. The van der Waals surface area contributed by atoms with Crippen molar-refractivity contribution in [1.82, 2.24) is 15.0 Å². The zero-order valence-electron chi connectivity index (χ0n) is 11.7. The first kappa shape index (κ1) is 13.3. The maximum atomic E-state index is 5.36. The van der Waals surface area contributed by atoms with Gasteiger partial charge in [0.15, 0.2) is 5.82 Å². The van der Waals surface area contributed by atoms with Gasteiger partial charge in [0.1, 0.15) is 0 Å². The predicted molar refractivity (Wildman–Crippen MR) is 71.9 cm³/mol. The summed E-state index contributed by atoms with van der Waals surface area (Å²) in [6, 6.07) is 0.692. The summed E-state index contributed by atoms with van der Waals surface area (Å²) in [5, 5.41) is 4.04. The Morgan fingerprint density at radius 2 is 2.06 bits per heavy atom. The summed E-state index contributed by atoms with van der Waals surface area (Å²) in [6.45, 7) is 11.9. The highest BCUT2D eigenvalue weighted by Gasteiger charge is 2.19. The summed E-state index contributed by atoms with van der Waals surface area (Å²) in [7, 11) is 0. The van der Waals surface area contributed by atoms with E-state index in [1.165, 1.54) is 25.9 Å². The van der Waals surface area contributed by atoms with Crippen molar-refractivity contribution in [3.05, 3.63) is 5.82 Å². The second kappa shape index (κ2) is 6.18. The molecule has 0 radical (unpaired) electrons. The van der Waals surface area contributed by atoms with Gasteiger partial charge in [0.05, 0.1) is 0 Å². The molecule has 18 heavy (non-hydrogen) atoms. The lowest BCUT2D eigenvalue weighted by atomic mass is 10.2. The van der Waals surface area contributed by atoms with E-state index in [0.29, 0.717) is 11.9 Å². The molecular weight excluding hydrogens is 228 g/mol. The van der Waals surface area contributed by atoms with Crippen LogP contribution in [0.15, 0.2) is 4.52 Å². The van der Waals surface area contributed by atoms with Crippen LogP contribution < -0.4 is 4.90 Å². The van der Waals surface area contributed by atoms with E-state index in [9.17, 15) is 0 Å². The molecule has 0 spiro atoms. The zero-order chi connectivity index (χ0) is 13.0. The number of anilines is 1. The minimum atomic E-state index is 0.325. The fraction of sp³-hybridized carbons (Fsp3) is 0.846. The van der Waals surface area contributed by atoms with Gasteiger partial charge < -0.3 is 14.3 Å². The van der Waals surface area contributed by atoms with Crippen LogP contribution in [0.5, 0.6) is 0 Å². The largest absolute Gasteiger partial charge is 0.324 e. The van der Waals surface area contributed by atoms with E-state index in [4.69, 9.17) is 4.52 Å². The molecule has 1 aromatic rings. The molecule has 0 unspecified atom stereocenters. The molecule has 0 amide bonds. The van der Waals surface area contributed by atoms with Crippen LogP contribution in [-0.2, 0) is 0 Å². The second-order valence-electron chi connectivity index (χ2n) is 5.27. The highest BCUT2D eigenvalue weighted by Crippen LogP contribution is 2.17. The van der Waals surface area contributed by atoms with E-state index in [0.717, 1.165) is 25.5 Å². The predicted octanol–water partition coefficient (Wildman–Crippen LogP) is 2.12. The van der Waals surface area contributed by atoms with Crippen LogP contribution in [0.25, 0.3) is 0 Å². The number of hydrogen-bond acceptors (Lipinski definition) is 5. The first-order valence-corrected chi connectivity index (χ1v) is 7.01. The van der Waals surface area contributed by atoms with Crippen LogP contribution in [0.1, 0.15) is 45.4 Å². The van der Waals surface area contributed by atoms with Gasteiger partial charge in [0.25, 0.3) is 0 Å². The Bertz CT molecular complexity index is 364. The molecule has 1 fully saturated rings. The van der Waals surface area contributed by atoms with E-state index in [1.807, 2.05) is 0 Å². The van der Waals surface area contributed by atoms with Gasteiger partial charge in [-0.3, -0.25) is 0 Å². The molecule has 1 aromatic heterocycles. The van der Waals surface area contributed by atoms with Crippen molar-refractivity contribution in [2.24, 2.45) is 0 Å². The molecule has 5 heteroatoms. The Labute approximate surface area is 109 Å². The highest BCUT2D eigenvalue weighted by atomic mass is 16.5. The Balaban J connectivity index is 1.96. The molecule has 0 aliphatic carbocycles. The molecule has 102 valence electrons. The maximum Gasteiger partial charge on any atom is 0.324 e. The third kappa shape index (κ3) is 3.22. The third-order valence-corrected chi connectivity index (χ3v) is 3.35. The van der Waals surface area contributed by atoms with Gasteiger partial charge in [-0.05, 0) is 25.9 Å². The minimum absolute atomic E-state index is 0.325. The monoisotopic (exact) mass is 252 g/mol. The summed E-state index contributed by atoms with van der Waals surface area (Å²) >= 11 is 0.